The third-order valence-electron chi connectivity index (χ3n) is 4.64. The van der Waals surface area contributed by atoms with Crippen LogP contribution in [-0.4, -0.2) is 17.4 Å². The molecule has 0 bridgehead atoms. The van der Waals surface area contributed by atoms with E-state index in [1.54, 1.807) is 23.5 Å². The zero-order chi connectivity index (χ0) is 18.6. The number of nitrogens with one attached hydrogen (secondary N) is 2. The summed E-state index contributed by atoms with van der Waals surface area (Å²) in [4.78, 5) is 16.9. The third kappa shape index (κ3) is 3.93. The fourth-order valence-electron chi connectivity index (χ4n) is 3.35. The molecule has 136 valence electrons. The summed E-state index contributed by atoms with van der Waals surface area (Å²) < 4.78 is 13.3. The fraction of sp³-hybridized carbons (Fsp3) is 0.136. The maximum atomic E-state index is 13.3. The van der Waals surface area contributed by atoms with Gasteiger partial charge in [-0.2, -0.15) is 0 Å². The highest BCUT2D eigenvalue weighted by Crippen LogP contribution is 2.32. The highest BCUT2D eigenvalue weighted by molar-refractivity contribution is 7.10. The van der Waals surface area contributed by atoms with Crippen molar-refractivity contribution in [2.45, 2.75) is 12.3 Å². The zero-order valence-corrected chi connectivity index (χ0v) is 15.4. The minimum absolute atomic E-state index is 0.0672. The second-order valence-corrected chi connectivity index (χ2v) is 7.45. The van der Waals surface area contributed by atoms with Gasteiger partial charge < -0.3 is 10.3 Å². The molecule has 2 N–H and O–H groups in total. The van der Waals surface area contributed by atoms with Crippen LogP contribution >= 0.6 is 11.3 Å². The molecule has 4 aromatic rings. The number of carbonyl (C=O) groups excluding carboxylic acids is 1. The van der Waals surface area contributed by atoms with Crippen LogP contribution in [0, 0.1) is 5.82 Å². The van der Waals surface area contributed by atoms with Crippen molar-refractivity contribution < 1.29 is 9.18 Å². The first kappa shape index (κ1) is 17.5. The lowest BCUT2D eigenvalue weighted by Gasteiger charge is -2.16. The van der Waals surface area contributed by atoms with Gasteiger partial charge in [0.05, 0.1) is 6.42 Å². The van der Waals surface area contributed by atoms with Gasteiger partial charge in [0.25, 0.3) is 0 Å². The first-order chi connectivity index (χ1) is 13.2. The van der Waals surface area contributed by atoms with E-state index in [1.165, 1.54) is 22.6 Å². The molecule has 0 aliphatic carbocycles. The number of thiophene rings is 1. The van der Waals surface area contributed by atoms with Crippen LogP contribution in [0.4, 0.5) is 4.39 Å². The van der Waals surface area contributed by atoms with Gasteiger partial charge in [-0.05, 0) is 40.8 Å². The van der Waals surface area contributed by atoms with Crippen LogP contribution in [0.1, 0.15) is 21.9 Å². The molecule has 1 atom stereocenters. The van der Waals surface area contributed by atoms with Crippen LogP contribution in [-0.2, 0) is 11.2 Å². The van der Waals surface area contributed by atoms with E-state index in [2.05, 4.69) is 22.4 Å². The molecule has 0 radical (unpaired) electrons. The topological polar surface area (TPSA) is 44.9 Å². The number of hydrogen-bond acceptors (Lipinski definition) is 2. The lowest BCUT2D eigenvalue weighted by atomic mass is 9.96. The van der Waals surface area contributed by atoms with Crippen molar-refractivity contribution in [2.24, 2.45) is 0 Å². The smallest absolute Gasteiger partial charge is 0.224 e. The fourth-order valence-corrected chi connectivity index (χ4v) is 4.19. The highest BCUT2D eigenvalue weighted by atomic mass is 32.1. The number of hydrogen-bond donors (Lipinski definition) is 2. The van der Waals surface area contributed by atoms with Crippen LogP contribution in [0.2, 0.25) is 0 Å². The zero-order valence-electron chi connectivity index (χ0n) is 14.6. The summed E-state index contributed by atoms with van der Waals surface area (Å²) in [5.41, 5.74) is 2.92. The van der Waals surface area contributed by atoms with Crippen LogP contribution in [0.3, 0.4) is 0 Å². The lowest BCUT2D eigenvalue weighted by Crippen LogP contribution is -2.29. The minimum atomic E-state index is -0.324. The second kappa shape index (κ2) is 7.76. The van der Waals surface area contributed by atoms with E-state index >= 15 is 0 Å². The van der Waals surface area contributed by atoms with Crippen molar-refractivity contribution in [2.75, 3.05) is 6.54 Å². The number of aromatic amines is 1. The molecule has 3 nitrogen and oxygen atoms in total. The number of rotatable bonds is 6. The van der Waals surface area contributed by atoms with E-state index < -0.39 is 0 Å². The average Bonchev–Trinajstić information content (AvgIpc) is 3.33. The van der Waals surface area contributed by atoms with E-state index in [0.29, 0.717) is 12.1 Å². The summed E-state index contributed by atoms with van der Waals surface area (Å²) in [5, 5.41) is 6.23. The summed E-state index contributed by atoms with van der Waals surface area (Å²) in [6.07, 6.45) is 2.19. The van der Waals surface area contributed by atoms with Crippen molar-refractivity contribution in [3.63, 3.8) is 0 Å². The molecule has 0 fully saturated rings. The standard InChI is InChI=1S/C22H19FN2OS/c23-16-6-3-5-15(11-16)12-22(26)25-14-19(21-9-4-10-27-21)18-13-24-20-8-2-1-7-17(18)20/h1-11,13,19,24H,12,14H2,(H,25,26). The number of benzene rings is 2. The molecule has 0 spiro atoms. The summed E-state index contributed by atoms with van der Waals surface area (Å²) in [6.45, 7) is 0.497. The van der Waals surface area contributed by atoms with Crippen molar-refractivity contribution in [3.05, 3.63) is 94.1 Å². The minimum Gasteiger partial charge on any atom is -0.361 e. The van der Waals surface area contributed by atoms with Gasteiger partial charge in [-0.3, -0.25) is 4.79 Å². The number of H-pyrrole nitrogens is 1. The predicted octanol–water partition coefficient (Wildman–Crippen LogP) is 4.86. The Balaban J connectivity index is 1.53. The van der Waals surface area contributed by atoms with E-state index in [9.17, 15) is 9.18 Å². The molecule has 1 unspecified atom stereocenters. The molecule has 2 aromatic carbocycles. The molecule has 4 rings (SSSR count). The van der Waals surface area contributed by atoms with Gasteiger partial charge in [0.15, 0.2) is 0 Å². The molecule has 5 heteroatoms. The normalized spacial score (nSPS) is 12.2. The Morgan fingerprint density at radius 2 is 2.00 bits per heavy atom. The highest BCUT2D eigenvalue weighted by Gasteiger charge is 2.20. The van der Waals surface area contributed by atoms with E-state index in [0.717, 1.165) is 10.9 Å². The molecule has 0 aliphatic heterocycles. The summed E-state index contributed by atoms with van der Waals surface area (Å²) in [7, 11) is 0. The van der Waals surface area contributed by atoms with Gasteiger partial charge in [-0.15, -0.1) is 11.3 Å². The number of carbonyl (C=O) groups is 1. The predicted molar refractivity (Wildman–Crippen MR) is 108 cm³/mol. The third-order valence-corrected chi connectivity index (χ3v) is 5.63. The van der Waals surface area contributed by atoms with Gasteiger partial charge in [-0.1, -0.05) is 36.4 Å². The van der Waals surface area contributed by atoms with Crippen molar-refractivity contribution in [3.8, 4) is 0 Å². The molecule has 27 heavy (non-hydrogen) atoms. The molecule has 1 amide bonds. The van der Waals surface area contributed by atoms with Gasteiger partial charge in [0, 0.05) is 34.4 Å². The van der Waals surface area contributed by atoms with Crippen LogP contribution < -0.4 is 5.32 Å². The molecule has 0 aliphatic rings. The van der Waals surface area contributed by atoms with Crippen molar-refractivity contribution >= 4 is 28.1 Å². The number of aromatic nitrogens is 1. The van der Waals surface area contributed by atoms with Gasteiger partial charge in [0.1, 0.15) is 5.82 Å². The number of para-hydroxylation sites is 1. The van der Waals surface area contributed by atoms with Gasteiger partial charge in [-0.25, -0.2) is 4.39 Å². The Morgan fingerprint density at radius 1 is 1.11 bits per heavy atom. The maximum absolute atomic E-state index is 13.3. The van der Waals surface area contributed by atoms with Gasteiger partial charge >= 0.3 is 0 Å². The van der Waals surface area contributed by atoms with E-state index in [4.69, 9.17) is 0 Å². The Hall–Kier alpha value is -2.92. The maximum Gasteiger partial charge on any atom is 0.224 e. The first-order valence-corrected chi connectivity index (χ1v) is 9.69. The Labute approximate surface area is 160 Å². The number of halogens is 1. The average molecular weight is 378 g/mol. The Bertz CT molecular complexity index is 1060. The lowest BCUT2D eigenvalue weighted by molar-refractivity contribution is -0.120. The van der Waals surface area contributed by atoms with E-state index in [1.807, 2.05) is 35.8 Å². The van der Waals surface area contributed by atoms with Crippen LogP contribution in [0.15, 0.2) is 72.2 Å². The molecular formula is C22H19FN2OS. The molecule has 0 saturated heterocycles. The SMILES string of the molecule is O=C(Cc1cccc(F)c1)NCC(c1cccs1)c1c[nH]c2ccccc12. The first-order valence-electron chi connectivity index (χ1n) is 8.81. The summed E-state index contributed by atoms with van der Waals surface area (Å²) in [5.74, 6) is -0.366. The molecular weight excluding hydrogens is 359 g/mol. The van der Waals surface area contributed by atoms with Crippen molar-refractivity contribution in [1.29, 1.82) is 0 Å². The van der Waals surface area contributed by atoms with Crippen LogP contribution in [0.25, 0.3) is 10.9 Å². The van der Waals surface area contributed by atoms with Crippen molar-refractivity contribution in [1.82, 2.24) is 10.3 Å². The summed E-state index contributed by atoms with van der Waals surface area (Å²) >= 11 is 1.68. The van der Waals surface area contributed by atoms with E-state index in [-0.39, 0.29) is 24.1 Å². The Kier molecular flexibility index (Phi) is 5.03. The molecule has 2 heterocycles. The van der Waals surface area contributed by atoms with Crippen LogP contribution in [0.5, 0.6) is 0 Å². The Morgan fingerprint density at radius 3 is 2.81 bits per heavy atom. The number of fused-ring (bicyclic) bond motifs is 1. The largest absolute Gasteiger partial charge is 0.361 e. The monoisotopic (exact) mass is 378 g/mol. The molecule has 0 saturated carbocycles. The molecule has 2 aromatic heterocycles. The number of amides is 1. The van der Waals surface area contributed by atoms with Gasteiger partial charge in [0.2, 0.25) is 5.91 Å². The quantitative estimate of drug-likeness (QED) is 0.494. The summed E-state index contributed by atoms with van der Waals surface area (Å²) in [6, 6.07) is 18.4. The second-order valence-electron chi connectivity index (χ2n) is 6.47.